The Morgan fingerprint density at radius 1 is 1.04 bits per heavy atom. The van der Waals surface area contributed by atoms with Crippen molar-refractivity contribution >= 4 is 11.8 Å². The maximum absolute atomic E-state index is 4.68. The van der Waals surface area contributed by atoms with E-state index in [4.69, 9.17) is 0 Å². The molecule has 6 nitrogen and oxygen atoms in total. The van der Waals surface area contributed by atoms with Crippen LogP contribution in [-0.2, 0) is 12.0 Å². The minimum absolute atomic E-state index is 0.0874. The molecule has 0 unspecified atom stereocenters. The Labute approximate surface area is 152 Å². The number of aromatic nitrogens is 6. The summed E-state index contributed by atoms with van der Waals surface area (Å²) in [7, 11) is 0. The van der Waals surface area contributed by atoms with Crippen molar-refractivity contribution in [3.63, 3.8) is 0 Å². The quantitative estimate of drug-likeness (QED) is 0.645. The van der Waals surface area contributed by atoms with E-state index in [0.717, 1.165) is 40.4 Å². The minimum Gasteiger partial charge on any atom is -0.302 e. The highest BCUT2D eigenvalue weighted by molar-refractivity contribution is 7.99. The average molecular weight is 354 g/mol. The smallest absolute Gasteiger partial charge is 0.197 e. The fraction of sp³-hybridized carbons (Fsp3) is 0.389. The fourth-order valence-electron chi connectivity index (χ4n) is 2.36. The fourth-order valence-corrected chi connectivity index (χ4v) is 3.18. The zero-order chi connectivity index (χ0) is 17.9. The molecule has 0 bridgehead atoms. The molecule has 0 saturated carbocycles. The average Bonchev–Trinajstić information content (AvgIpc) is 2.98. The van der Waals surface area contributed by atoms with Crippen molar-refractivity contribution in [1.29, 1.82) is 0 Å². The molecule has 0 N–H and O–H groups in total. The van der Waals surface area contributed by atoms with Crippen LogP contribution in [0.25, 0.3) is 11.4 Å². The van der Waals surface area contributed by atoms with Crippen molar-refractivity contribution in [2.24, 2.45) is 0 Å². The standard InChI is InChI=1S/C18H22N6S/c1-5-12-24-15(13-6-9-19-10-7-13)22-23-17(24)25-14-8-11-20-16(21-14)18(2,3)4/h6-11H,5,12H2,1-4H3. The SMILES string of the molecule is CCCn1c(Sc2ccnc(C(C)(C)C)n2)nnc1-c1ccncc1. The van der Waals surface area contributed by atoms with Gasteiger partial charge in [0.15, 0.2) is 11.0 Å². The highest BCUT2D eigenvalue weighted by atomic mass is 32.2. The second kappa shape index (κ2) is 7.31. The van der Waals surface area contributed by atoms with Crippen LogP contribution in [0.4, 0.5) is 0 Å². The van der Waals surface area contributed by atoms with Gasteiger partial charge in [-0.3, -0.25) is 4.98 Å². The van der Waals surface area contributed by atoms with E-state index in [-0.39, 0.29) is 5.41 Å². The van der Waals surface area contributed by atoms with Gasteiger partial charge in [0.05, 0.1) is 0 Å². The molecule has 3 aromatic rings. The monoisotopic (exact) mass is 354 g/mol. The molecule has 0 fully saturated rings. The summed E-state index contributed by atoms with van der Waals surface area (Å²) in [5, 5.41) is 10.5. The van der Waals surface area contributed by atoms with Gasteiger partial charge in [-0.25, -0.2) is 9.97 Å². The summed E-state index contributed by atoms with van der Waals surface area (Å²) >= 11 is 1.52. The van der Waals surface area contributed by atoms with Gasteiger partial charge in [0.2, 0.25) is 0 Å². The van der Waals surface area contributed by atoms with Crippen LogP contribution in [0.15, 0.2) is 47.0 Å². The molecular formula is C18H22N6S. The summed E-state index contributed by atoms with van der Waals surface area (Å²) in [6, 6.07) is 5.82. The zero-order valence-electron chi connectivity index (χ0n) is 15.0. The van der Waals surface area contributed by atoms with E-state index < -0.39 is 0 Å². The Morgan fingerprint density at radius 2 is 1.80 bits per heavy atom. The third-order valence-electron chi connectivity index (χ3n) is 3.60. The van der Waals surface area contributed by atoms with E-state index in [0.29, 0.717) is 0 Å². The predicted molar refractivity (Wildman–Crippen MR) is 98.4 cm³/mol. The van der Waals surface area contributed by atoms with Crippen molar-refractivity contribution in [3.05, 3.63) is 42.6 Å². The molecule has 0 aromatic carbocycles. The predicted octanol–water partition coefficient (Wildman–Crippen LogP) is 3.99. The van der Waals surface area contributed by atoms with E-state index in [1.54, 1.807) is 18.6 Å². The molecule has 0 amide bonds. The first-order chi connectivity index (χ1) is 12.0. The molecule has 0 atom stereocenters. The highest BCUT2D eigenvalue weighted by Crippen LogP contribution is 2.29. The number of hydrogen-bond donors (Lipinski definition) is 0. The molecule has 3 aromatic heterocycles. The van der Waals surface area contributed by atoms with Gasteiger partial charge in [-0.2, -0.15) is 0 Å². The van der Waals surface area contributed by atoms with Crippen molar-refractivity contribution in [2.75, 3.05) is 0 Å². The van der Waals surface area contributed by atoms with Gasteiger partial charge in [0, 0.05) is 36.1 Å². The Hall–Kier alpha value is -2.28. The molecule has 0 aliphatic heterocycles. The molecule has 0 radical (unpaired) electrons. The Morgan fingerprint density at radius 3 is 2.48 bits per heavy atom. The van der Waals surface area contributed by atoms with Gasteiger partial charge in [-0.05, 0) is 36.4 Å². The molecule has 0 saturated heterocycles. The number of nitrogens with zero attached hydrogens (tertiary/aromatic N) is 6. The Bertz CT molecular complexity index is 838. The lowest BCUT2D eigenvalue weighted by Crippen LogP contribution is -2.15. The molecule has 3 rings (SSSR count). The lowest BCUT2D eigenvalue weighted by molar-refractivity contribution is 0.538. The summed E-state index contributed by atoms with van der Waals surface area (Å²) in [6.07, 6.45) is 6.35. The van der Waals surface area contributed by atoms with Crippen LogP contribution in [0.5, 0.6) is 0 Å². The summed E-state index contributed by atoms with van der Waals surface area (Å²) < 4.78 is 2.14. The van der Waals surface area contributed by atoms with Crippen LogP contribution in [0, 0.1) is 0 Å². The van der Waals surface area contributed by atoms with Crippen molar-refractivity contribution in [3.8, 4) is 11.4 Å². The van der Waals surface area contributed by atoms with E-state index in [2.05, 4.69) is 57.4 Å². The van der Waals surface area contributed by atoms with Crippen LogP contribution in [0.1, 0.15) is 39.9 Å². The first-order valence-corrected chi connectivity index (χ1v) is 9.15. The minimum atomic E-state index is -0.0874. The maximum Gasteiger partial charge on any atom is 0.197 e. The van der Waals surface area contributed by atoms with E-state index >= 15 is 0 Å². The number of pyridine rings is 1. The molecule has 0 aliphatic carbocycles. The molecule has 0 aliphatic rings. The lowest BCUT2D eigenvalue weighted by Gasteiger charge is -2.16. The summed E-state index contributed by atoms with van der Waals surface area (Å²) in [4.78, 5) is 13.1. The van der Waals surface area contributed by atoms with Gasteiger partial charge < -0.3 is 4.57 Å². The Kier molecular flexibility index (Phi) is 5.13. The summed E-state index contributed by atoms with van der Waals surface area (Å²) in [5.74, 6) is 1.69. The van der Waals surface area contributed by atoms with E-state index in [1.807, 2.05) is 18.2 Å². The molecule has 130 valence electrons. The van der Waals surface area contributed by atoms with Gasteiger partial charge in [-0.1, -0.05) is 27.7 Å². The van der Waals surface area contributed by atoms with E-state index in [1.165, 1.54) is 11.8 Å². The normalized spacial score (nSPS) is 11.7. The van der Waals surface area contributed by atoms with Gasteiger partial charge in [0.1, 0.15) is 10.9 Å². The molecule has 7 heteroatoms. The highest BCUT2D eigenvalue weighted by Gasteiger charge is 2.19. The largest absolute Gasteiger partial charge is 0.302 e. The van der Waals surface area contributed by atoms with Gasteiger partial charge in [0.25, 0.3) is 0 Å². The second-order valence-electron chi connectivity index (χ2n) is 6.76. The molecular weight excluding hydrogens is 332 g/mol. The van der Waals surface area contributed by atoms with Crippen molar-refractivity contribution in [1.82, 2.24) is 29.7 Å². The van der Waals surface area contributed by atoms with Crippen molar-refractivity contribution in [2.45, 2.75) is 56.3 Å². The third kappa shape index (κ3) is 4.04. The zero-order valence-corrected chi connectivity index (χ0v) is 15.8. The van der Waals surface area contributed by atoms with Gasteiger partial charge >= 0.3 is 0 Å². The first-order valence-electron chi connectivity index (χ1n) is 8.34. The maximum atomic E-state index is 4.68. The number of hydrogen-bond acceptors (Lipinski definition) is 6. The molecule has 3 heterocycles. The molecule has 25 heavy (non-hydrogen) atoms. The lowest BCUT2D eigenvalue weighted by atomic mass is 9.96. The van der Waals surface area contributed by atoms with Crippen LogP contribution in [-0.4, -0.2) is 29.7 Å². The Balaban J connectivity index is 1.95. The third-order valence-corrected chi connectivity index (χ3v) is 4.52. The molecule has 0 spiro atoms. The van der Waals surface area contributed by atoms with Crippen LogP contribution in [0.2, 0.25) is 0 Å². The van der Waals surface area contributed by atoms with Gasteiger partial charge in [-0.15, -0.1) is 10.2 Å². The number of rotatable bonds is 5. The topological polar surface area (TPSA) is 69.4 Å². The van der Waals surface area contributed by atoms with E-state index in [9.17, 15) is 0 Å². The van der Waals surface area contributed by atoms with Crippen molar-refractivity contribution < 1.29 is 0 Å². The summed E-state index contributed by atoms with van der Waals surface area (Å²) in [5.41, 5.74) is 0.927. The van der Waals surface area contributed by atoms with Crippen LogP contribution < -0.4 is 0 Å². The van der Waals surface area contributed by atoms with Crippen LogP contribution in [0.3, 0.4) is 0 Å². The van der Waals surface area contributed by atoms with Crippen LogP contribution >= 0.6 is 11.8 Å². The second-order valence-corrected chi connectivity index (χ2v) is 7.75. The summed E-state index contributed by atoms with van der Waals surface area (Å²) in [6.45, 7) is 9.32. The first kappa shape index (κ1) is 17.5.